The van der Waals surface area contributed by atoms with Gasteiger partial charge in [0.25, 0.3) is 10.0 Å². The first kappa shape index (κ1) is 15.7. The first-order chi connectivity index (χ1) is 10.9. The minimum atomic E-state index is -3.96. The van der Waals surface area contributed by atoms with Crippen molar-refractivity contribution >= 4 is 54.3 Å². The molecule has 0 aliphatic heterocycles. The third-order valence-electron chi connectivity index (χ3n) is 2.99. The lowest BCUT2D eigenvalue weighted by atomic mass is 10.2. The summed E-state index contributed by atoms with van der Waals surface area (Å²) in [4.78, 5) is 15.1. The molecule has 0 fully saturated rings. The Morgan fingerprint density at radius 3 is 2.65 bits per heavy atom. The highest BCUT2D eigenvalue weighted by molar-refractivity contribution is 7.93. The van der Waals surface area contributed by atoms with Gasteiger partial charge in [-0.25, -0.2) is 18.2 Å². The molecule has 1 aromatic heterocycles. The third-order valence-corrected chi connectivity index (χ3v) is 5.74. The number of hydrogen-bond acceptors (Lipinski definition) is 5. The van der Waals surface area contributed by atoms with E-state index in [1.807, 2.05) is 12.1 Å². The number of hydrogen-bond donors (Lipinski definition) is 2. The molecule has 6 nitrogen and oxygen atoms in total. The molecule has 0 radical (unpaired) electrons. The van der Waals surface area contributed by atoms with Crippen LogP contribution in [0.3, 0.4) is 0 Å². The zero-order valence-corrected chi connectivity index (χ0v) is 13.7. The fraction of sp³-hybridized carbons (Fsp3) is 0. The highest BCUT2D eigenvalue weighted by Crippen LogP contribution is 2.28. The lowest BCUT2D eigenvalue weighted by molar-refractivity contribution is 0.0697. The molecule has 0 saturated carbocycles. The SMILES string of the molecule is O=C(O)c1cc(S(=O)(=O)Nc2nc3ccccc3s2)ccc1Cl. The van der Waals surface area contributed by atoms with Crippen molar-refractivity contribution in [1.82, 2.24) is 4.98 Å². The van der Waals surface area contributed by atoms with E-state index in [2.05, 4.69) is 9.71 Å². The van der Waals surface area contributed by atoms with Gasteiger partial charge in [0.05, 0.1) is 25.7 Å². The van der Waals surface area contributed by atoms with E-state index in [1.165, 1.54) is 23.5 Å². The lowest BCUT2D eigenvalue weighted by Crippen LogP contribution is -2.13. The molecule has 0 unspecified atom stereocenters. The summed E-state index contributed by atoms with van der Waals surface area (Å²) < 4.78 is 28.0. The number of rotatable bonds is 4. The summed E-state index contributed by atoms with van der Waals surface area (Å²) in [7, 11) is -3.96. The van der Waals surface area contributed by atoms with Gasteiger partial charge in [0.15, 0.2) is 5.13 Å². The molecule has 2 N–H and O–H groups in total. The van der Waals surface area contributed by atoms with E-state index in [4.69, 9.17) is 16.7 Å². The molecule has 3 rings (SSSR count). The van der Waals surface area contributed by atoms with Crippen LogP contribution in [0.15, 0.2) is 47.4 Å². The summed E-state index contributed by atoms with van der Waals surface area (Å²) in [5.41, 5.74) is 0.399. The van der Waals surface area contributed by atoms with Gasteiger partial charge < -0.3 is 5.11 Å². The van der Waals surface area contributed by atoms with E-state index in [1.54, 1.807) is 12.1 Å². The van der Waals surface area contributed by atoms with Crippen LogP contribution in [0.1, 0.15) is 10.4 Å². The summed E-state index contributed by atoms with van der Waals surface area (Å²) >= 11 is 6.94. The number of aromatic carboxylic acids is 1. The first-order valence-electron chi connectivity index (χ1n) is 6.28. The van der Waals surface area contributed by atoms with E-state index in [0.29, 0.717) is 5.52 Å². The van der Waals surface area contributed by atoms with E-state index >= 15 is 0 Å². The molecule has 0 saturated heterocycles. The molecule has 9 heteroatoms. The number of benzene rings is 2. The minimum Gasteiger partial charge on any atom is -0.478 e. The van der Waals surface area contributed by atoms with Crippen LogP contribution >= 0.6 is 22.9 Å². The molecule has 0 amide bonds. The predicted octanol–water partition coefficient (Wildman–Crippen LogP) is 3.45. The standard InChI is InChI=1S/C14H9ClN2O4S2/c15-10-6-5-8(7-9(10)13(18)19)23(20,21)17-14-16-11-3-1-2-4-12(11)22-14/h1-7H,(H,16,17)(H,18,19). The maximum atomic E-state index is 12.4. The van der Waals surface area contributed by atoms with Crippen molar-refractivity contribution in [2.24, 2.45) is 0 Å². The van der Waals surface area contributed by atoms with E-state index < -0.39 is 16.0 Å². The number of carboxylic acids is 1. The number of anilines is 1. The maximum Gasteiger partial charge on any atom is 0.337 e. The molecule has 0 aliphatic carbocycles. The van der Waals surface area contributed by atoms with Crippen molar-refractivity contribution in [2.45, 2.75) is 4.90 Å². The summed E-state index contributed by atoms with van der Waals surface area (Å²) in [5.74, 6) is -1.30. The summed E-state index contributed by atoms with van der Waals surface area (Å²) in [6.07, 6.45) is 0. The molecule has 1 heterocycles. The number of nitrogens with zero attached hydrogens (tertiary/aromatic N) is 1. The average Bonchev–Trinajstić information content (AvgIpc) is 2.88. The van der Waals surface area contributed by atoms with Crippen molar-refractivity contribution in [3.63, 3.8) is 0 Å². The van der Waals surface area contributed by atoms with E-state index in [-0.39, 0.29) is 20.6 Å². The second-order valence-electron chi connectivity index (χ2n) is 4.54. The zero-order chi connectivity index (χ0) is 16.6. The summed E-state index contributed by atoms with van der Waals surface area (Å²) in [5, 5.41) is 9.21. The molecule has 0 bridgehead atoms. The Bertz CT molecular complexity index is 982. The van der Waals surface area contributed by atoms with E-state index in [9.17, 15) is 13.2 Å². The van der Waals surface area contributed by atoms with Crippen LogP contribution in [0, 0.1) is 0 Å². The Kier molecular flexibility index (Phi) is 3.97. The topological polar surface area (TPSA) is 96.4 Å². The molecule has 0 spiro atoms. The van der Waals surface area contributed by atoms with Crippen molar-refractivity contribution in [3.8, 4) is 0 Å². The highest BCUT2D eigenvalue weighted by Gasteiger charge is 2.20. The average molecular weight is 369 g/mol. The number of thiazole rings is 1. The van der Waals surface area contributed by atoms with Crippen molar-refractivity contribution in [2.75, 3.05) is 4.72 Å². The van der Waals surface area contributed by atoms with Crippen molar-refractivity contribution < 1.29 is 18.3 Å². The second-order valence-corrected chi connectivity index (χ2v) is 7.66. The van der Waals surface area contributed by atoms with Crippen LogP contribution in [0.2, 0.25) is 5.02 Å². The quantitative estimate of drug-likeness (QED) is 0.735. The predicted molar refractivity (Wildman–Crippen MR) is 88.8 cm³/mol. The molecule has 118 valence electrons. The van der Waals surface area contributed by atoms with Gasteiger partial charge in [-0.05, 0) is 30.3 Å². The first-order valence-corrected chi connectivity index (χ1v) is 8.96. The highest BCUT2D eigenvalue weighted by atomic mass is 35.5. The molecule has 0 aliphatic rings. The van der Waals surface area contributed by atoms with Gasteiger partial charge in [-0.1, -0.05) is 35.1 Å². The molecular formula is C14H9ClN2O4S2. The largest absolute Gasteiger partial charge is 0.478 e. The smallest absolute Gasteiger partial charge is 0.337 e. The molecule has 3 aromatic rings. The van der Waals surface area contributed by atoms with Crippen LogP contribution in [-0.2, 0) is 10.0 Å². The number of fused-ring (bicyclic) bond motifs is 1. The van der Waals surface area contributed by atoms with Gasteiger partial charge in [-0.2, -0.15) is 0 Å². The van der Waals surface area contributed by atoms with Gasteiger partial charge in [-0.3, -0.25) is 4.72 Å². The van der Waals surface area contributed by atoms with Crippen molar-refractivity contribution in [1.29, 1.82) is 0 Å². The third kappa shape index (κ3) is 3.14. The normalized spacial score (nSPS) is 11.5. The Morgan fingerprint density at radius 2 is 1.96 bits per heavy atom. The van der Waals surface area contributed by atoms with Crippen molar-refractivity contribution in [3.05, 3.63) is 53.1 Å². The summed E-state index contributed by atoms with van der Waals surface area (Å²) in [6.45, 7) is 0. The zero-order valence-electron chi connectivity index (χ0n) is 11.4. The van der Waals surface area contributed by atoms with Gasteiger partial charge in [0.2, 0.25) is 0 Å². The Balaban J connectivity index is 1.98. The number of aromatic nitrogens is 1. The number of carboxylic acid groups (broad SMARTS) is 1. The Labute approximate surface area is 140 Å². The van der Waals surface area contributed by atoms with E-state index in [0.717, 1.165) is 10.8 Å². The number of nitrogens with one attached hydrogen (secondary N) is 1. The number of para-hydroxylation sites is 1. The van der Waals surface area contributed by atoms with Gasteiger partial charge in [0, 0.05) is 0 Å². The van der Waals surface area contributed by atoms with Crippen LogP contribution in [0.4, 0.5) is 5.13 Å². The number of carbonyl (C=O) groups is 1. The Hall–Kier alpha value is -2.16. The number of sulfonamides is 1. The van der Waals surface area contributed by atoms with Gasteiger partial charge in [0.1, 0.15) is 0 Å². The molecule has 2 aromatic carbocycles. The van der Waals surface area contributed by atoms with Crippen LogP contribution in [0.25, 0.3) is 10.2 Å². The second kappa shape index (κ2) is 5.80. The van der Waals surface area contributed by atoms with Crippen LogP contribution in [-0.4, -0.2) is 24.5 Å². The molecule has 0 atom stereocenters. The van der Waals surface area contributed by atoms with Crippen LogP contribution in [0.5, 0.6) is 0 Å². The number of halogens is 1. The summed E-state index contributed by atoms with van der Waals surface area (Å²) in [6, 6.07) is 10.7. The fourth-order valence-corrected chi connectivity index (χ4v) is 4.25. The lowest BCUT2D eigenvalue weighted by Gasteiger charge is -2.06. The fourth-order valence-electron chi connectivity index (χ4n) is 1.93. The molecular weight excluding hydrogens is 360 g/mol. The van der Waals surface area contributed by atoms with Gasteiger partial charge in [-0.15, -0.1) is 0 Å². The van der Waals surface area contributed by atoms with Crippen LogP contribution < -0.4 is 4.72 Å². The monoisotopic (exact) mass is 368 g/mol. The maximum absolute atomic E-state index is 12.4. The molecule has 23 heavy (non-hydrogen) atoms. The minimum absolute atomic E-state index is 0.0311. The van der Waals surface area contributed by atoms with Gasteiger partial charge >= 0.3 is 5.97 Å². The Morgan fingerprint density at radius 1 is 1.22 bits per heavy atom.